The predicted molar refractivity (Wildman–Crippen MR) is 100 cm³/mol. The van der Waals surface area contributed by atoms with E-state index in [0.29, 0.717) is 11.1 Å². The van der Waals surface area contributed by atoms with Gasteiger partial charge in [0.1, 0.15) is 44.4 Å². The summed E-state index contributed by atoms with van der Waals surface area (Å²) >= 11 is 0. The summed E-state index contributed by atoms with van der Waals surface area (Å²) in [7, 11) is 0. The number of hydrogen-bond acceptors (Lipinski definition) is 8. The third-order valence-electron chi connectivity index (χ3n) is 4.45. The number of carbonyl (C=O) groups is 2. The van der Waals surface area contributed by atoms with Gasteiger partial charge in [-0.2, -0.15) is 0 Å². The second-order valence-corrected chi connectivity index (χ2v) is 6.44. The van der Waals surface area contributed by atoms with Crippen molar-refractivity contribution in [2.45, 2.75) is 24.4 Å². The Labute approximate surface area is 167 Å². The van der Waals surface area contributed by atoms with Crippen molar-refractivity contribution in [2.75, 3.05) is 20.0 Å². The van der Waals surface area contributed by atoms with Gasteiger partial charge in [0.25, 0.3) is 0 Å². The zero-order chi connectivity index (χ0) is 20.6. The molecule has 1 fully saturated rings. The second kappa shape index (κ2) is 10.1. The van der Waals surface area contributed by atoms with Crippen LogP contribution in [-0.4, -0.2) is 66.6 Å². The molecule has 0 spiro atoms. The third-order valence-corrected chi connectivity index (χ3v) is 4.45. The van der Waals surface area contributed by atoms with Gasteiger partial charge >= 0.3 is 11.9 Å². The lowest BCUT2D eigenvalue weighted by Crippen LogP contribution is -2.46. The minimum Gasteiger partial charge on any atom is -0.459 e. The molecule has 0 amide bonds. The Morgan fingerprint density at radius 3 is 1.52 bits per heavy atom. The van der Waals surface area contributed by atoms with Gasteiger partial charge in [-0.25, -0.2) is 9.59 Å². The van der Waals surface area contributed by atoms with E-state index in [2.05, 4.69) is 0 Å². The molecule has 0 aliphatic carbocycles. The minimum absolute atomic E-state index is 0.269. The lowest BCUT2D eigenvalue weighted by Gasteiger charge is -2.25. The summed E-state index contributed by atoms with van der Waals surface area (Å²) in [6.07, 6.45) is -4.79. The Bertz CT molecular complexity index is 727. The minimum atomic E-state index is -1.40. The molecule has 0 saturated carbocycles. The molecule has 154 valence electrons. The van der Waals surface area contributed by atoms with E-state index >= 15 is 0 Å². The summed E-state index contributed by atoms with van der Waals surface area (Å²) in [6, 6.07) is 16.7. The van der Waals surface area contributed by atoms with Crippen LogP contribution in [-0.2, 0) is 18.9 Å². The molecule has 1 saturated heterocycles. The normalized spacial score (nSPS) is 24.3. The van der Waals surface area contributed by atoms with Crippen molar-refractivity contribution in [3.63, 3.8) is 0 Å². The van der Waals surface area contributed by atoms with Crippen LogP contribution in [0, 0.1) is 0 Å². The molecular formula is C21H22O8. The molecule has 1 aliphatic rings. The van der Waals surface area contributed by atoms with Crippen molar-refractivity contribution in [3.05, 3.63) is 71.8 Å². The van der Waals surface area contributed by atoms with Crippen molar-refractivity contribution in [3.8, 4) is 0 Å². The van der Waals surface area contributed by atoms with Crippen molar-refractivity contribution in [2.24, 2.45) is 0 Å². The van der Waals surface area contributed by atoms with Gasteiger partial charge in [-0.3, -0.25) is 0 Å². The number of ether oxygens (including phenoxy) is 4. The molecule has 0 bridgehead atoms. The van der Waals surface area contributed by atoms with Crippen LogP contribution < -0.4 is 0 Å². The average molecular weight is 402 g/mol. The van der Waals surface area contributed by atoms with E-state index in [0.717, 1.165) is 0 Å². The van der Waals surface area contributed by atoms with Gasteiger partial charge in [0.2, 0.25) is 0 Å². The molecule has 8 nitrogen and oxygen atoms in total. The number of aliphatic hydroxyl groups excluding tert-OH is 2. The quantitative estimate of drug-likeness (QED) is 0.693. The topological polar surface area (TPSA) is 112 Å². The maximum Gasteiger partial charge on any atom is 0.338 e. The Balaban J connectivity index is 1.52. The van der Waals surface area contributed by atoms with E-state index in [4.69, 9.17) is 18.9 Å². The van der Waals surface area contributed by atoms with E-state index in [9.17, 15) is 19.8 Å². The van der Waals surface area contributed by atoms with Crippen molar-refractivity contribution in [1.29, 1.82) is 0 Å². The molecule has 0 radical (unpaired) electrons. The summed E-state index contributed by atoms with van der Waals surface area (Å²) in [5.41, 5.74) is 0.719. The van der Waals surface area contributed by atoms with Crippen molar-refractivity contribution in [1.82, 2.24) is 0 Å². The van der Waals surface area contributed by atoms with E-state index in [1.807, 2.05) is 0 Å². The predicted octanol–water partition coefficient (Wildman–Crippen LogP) is 1.16. The van der Waals surface area contributed by atoms with Crippen LogP contribution in [0.15, 0.2) is 60.7 Å². The van der Waals surface area contributed by atoms with Crippen LogP contribution in [0.3, 0.4) is 0 Å². The fourth-order valence-electron chi connectivity index (χ4n) is 2.78. The lowest BCUT2D eigenvalue weighted by atomic mass is 10.0. The number of aliphatic hydroxyl groups is 2. The summed E-state index contributed by atoms with van der Waals surface area (Å²) < 4.78 is 21.0. The van der Waals surface area contributed by atoms with Gasteiger partial charge in [0, 0.05) is 0 Å². The third kappa shape index (κ3) is 5.61. The summed E-state index contributed by atoms with van der Waals surface area (Å²) in [5.74, 6) is -1.15. The number of carbonyl (C=O) groups excluding carboxylic acids is 2. The first-order chi connectivity index (χ1) is 14.1. The molecule has 4 atom stereocenters. The molecule has 29 heavy (non-hydrogen) atoms. The Kier molecular flexibility index (Phi) is 7.31. The van der Waals surface area contributed by atoms with Gasteiger partial charge in [-0.15, -0.1) is 0 Å². The fraction of sp³-hybridized carbons (Fsp3) is 0.333. The van der Waals surface area contributed by atoms with Crippen molar-refractivity contribution >= 4 is 11.9 Å². The molecule has 0 unspecified atom stereocenters. The zero-order valence-electron chi connectivity index (χ0n) is 15.5. The summed E-state index contributed by atoms with van der Waals surface area (Å²) in [6.45, 7) is -0.813. The smallest absolute Gasteiger partial charge is 0.338 e. The van der Waals surface area contributed by atoms with Gasteiger partial charge in [0.05, 0.1) is 11.1 Å². The van der Waals surface area contributed by atoms with Gasteiger partial charge in [0.15, 0.2) is 0 Å². The van der Waals surface area contributed by atoms with Crippen LogP contribution in [0.25, 0.3) is 0 Å². The maximum atomic E-state index is 12.0. The van der Waals surface area contributed by atoms with Crippen molar-refractivity contribution < 1.29 is 38.7 Å². The standard InChI is InChI=1S/C21H22O8/c22-18-16(11-26-20(24)14-7-3-1-4-8-14)28-13-29-17(19(18)23)12-27-21(25)15-9-5-2-6-10-15/h1-10,16-19,22-23H,11-13H2/t16-,17-,18-,19+/m0/s1. The van der Waals surface area contributed by atoms with Crippen LogP contribution >= 0.6 is 0 Å². The van der Waals surface area contributed by atoms with E-state index < -0.39 is 36.4 Å². The molecule has 2 N–H and O–H groups in total. The highest BCUT2D eigenvalue weighted by Gasteiger charge is 2.38. The molecule has 1 heterocycles. The fourth-order valence-corrected chi connectivity index (χ4v) is 2.78. The Hall–Kier alpha value is -2.78. The van der Waals surface area contributed by atoms with E-state index in [1.165, 1.54) is 0 Å². The highest BCUT2D eigenvalue weighted by atomic mass is 16.7. The lowest BCUT2D eigenvalue weighted by molar-refractivity contribution is -0.125. The molecule has 3 rings (SSSR count). The van der Waals surface area contributed by atoms with E-state index in [1.54, 1.807) is 60.7 Å². The molecule has 8 heteroatoms. The zero-order valence-corrected chi connectivity index (χ0v) is 15.5. The first-order valence-corrected chi connectivity index (χ1v) is 9.10. The highest BCUT2D eigenvalue weighted by molar-refractivity contribution is 5.89. The molecule has 0 aromatic heterocycles. The number of hydrogen-bond donors (Lipinski definition) is 2. The van der Waals surface area contributed by atoms with Crippen LogP contribution in [0.1, 0.15) is 20.7 Å². The first-order valence-electron chi connectivity index (χ1n) is 9.10. The van der Waals surface area contributed by atoms with E-state index in [-0.39, 0.29) is 20.0 Å². The SMILES string of the molecule is O=C(OC[C@@H]1OCO[C@@H](COC(=O)c2ccccc2)[C@@H](O)[C@H]1O)c1ccccc1. The maximum absolute atomic E-state index is 12.0. The molecular weight excluding hydrogens is 380 g/mol. The van der Waals surface area contributed by atoms with Gasteiger partial charge < -0.3 is 29.2 Å². The number of benzene rings is 2. The summed E-state index contributed by atoms with van der Waals surface area (Å²) in [5, 5.41) is 20.7. The van der Waals surface area contributed by atoms with Crippen LogP contribution in [0.5, 0.6) is 0 Å². The Morgan fingerprint density at radius 2 is 1.14 bits per heavy atom. The average Bonchev–Trinajstić information content (AvgIpc) is 2.90. The Morgan fingerprint density at radius 1 is 0.759 bits per heavy atom. The molecule has 2 aromatic rings. The first kappa shape index (κ1) is 20.9. The monoisotopic (exact) mass is 402 g/mol. The van der Waals surface area contributed by atoms with Crippen LogP contribution in [0.2, 0.25) is 0 Å². The number of esters is 2. The number of rotatable bonds is 6. The molecule has 2 aromatic carbocycles. The molecule has 1 aliphatic heterocycles. The second-order valence-electron chi connectivity index (χ2n) is 6.44. The van der Waals surface area contributed by atoms with Gasteiger partial charge in [-0.05, 0) is 24.3 Å². The van der Waals surface area contributed by atoms with Crippen LogP contribution in [0.4, 0.5) is 0 Å². The summed E-state index contributed by atoms with van der Waals surface area (Å²) in [4.78, 5) is 24.1. The highest BCUT2D eigenvalue weighted by Crippen LogP contribution is 2.17. The largest absolute Gasteiger partial charge is 0.459 e. The van der Waals surface area contributed by atoms with Gasteiger partial charge in [-0.1, -0.05) is 36.4 Å².